The molecule has 0 atom stereocenters. The zero-order valence-corrected chi connectivity index (χ0v) is 22.3. The molecule has 0 aliphatic rings. The maximum atomic E-state index is 12.6. The highest BCUT2D eigenvalue weighted by molar-refractivity contribution is 9.10. The number of benzene rings is 3. The Balaban J connectivity index is 1.61. The predicted molar refractivity (Wildman–Crippen MR) is 143 cm³/mol. The third-order valence-electron chi connectivity index (χ3n) is 5.21. The molecule has 3 aromatic rings. The topological polar surface area (TPSA) is 86.2 Å². The van der Waals surface area contributed by atoms with Crippen molar-refractivity contribution in [2.45, 2.75) is 33.6 Å². The molecule has 0 aromatic heterocycles. The van der Waals surface area contributed by atoms with E-state index in [2.05, 4.69) is 46.4 Å². The molecule has 0 radical (unpaired) electrons. The number of halogens is 1. The molecule has 0 unspecified atom stereocenters. The van der Waals surface area contributed by atoms with Crippen LogP contribution in [-0.2, 0) is 4.79 Å². The minimum atomic E-state index is -0.522. The second kappa shape index (κ2) is 12.9. The Morgan fingerprint density at radius 3 is 2.44 bits per heavy atom. The number of hydrazone groups is 1. The first-order valence-corrected chi connectivity index (χ1v) is 12.4. The first-order chi connectivity index (χ1) is 17.3. The number of nitrogens with zero attached hydrogens (tertiary/aromatic N) is 1. The van der Waals surface area contributed by atoms with E-state index >= 15 is 0 Å². The molecule has 8 heteroatoms. The third-order valence-corrected chi connectivity index (χ3v) is 5.70. The Morgan fingerprint density at radius 2 is 1.75 bits per heavy atom. The summed E-state index contributed by atoms with van der Waals surface area (Å²) in [7, 11) is 0. The van der Waals surface area contributed by atoms with Crippen LogP contribution >= 0.6 is 15.9 Å². The van der Waals surface area contributed by atoms with Gasteiger partial charge in [-0.1, -0.05) is 41.9 Å². The van der Waals surface area contributed by atoms with E-state index in [1.165, 1.54) is 6.21 Å². The Bertz CT molecular complexity index is 1240. The van der Waals surface area contributed by atoms with E-state index < -0.39 is 11.9 Å². The van der Waals surface area contributed by atoms with Gasteiger partial charge in [0.05, 0.1) is 18.4 Å². The van der Waals surface area contributed by atoms with Gasteiger partial charge in [-0.25, -0.2) is 10.2 Å². The van der Waals surface area contributed by atoms with Gasteiger partial charge in [0.15, 0.2) is 6.61 Å². The van der Waals surface area contributed by atoms with Gasteiger partial charge in [-0.2, -0.15) is 5.10 Å². The lowest BCUT2D eigenvalue weighted by Crippen LogP contribution is -2.24. The fourth-order valence-electron chi connectivity index (χ4n) is 3.21. The van der Waals surface area contributed by atoms with E-state index in [0.717, 1.165) is 15.6 Å². The number of ether oxygens (including phenoxy) is 3. The van der Waals surface area contributed by atoms with Crippen molar-refractivity contribution in [3.8, 4) is 17.2 Å². The molecule has 0 aliphatic heterocycles. The summed E-state index contributed by atoms with van der Waals surface area (Å²) < 4.78 is 17.4. The zero-order chi connectivity index (χ0) is 26.1. The molecule has 0 fully saturated rings. The molecule has 3 aromatic carbocycles. The fourth-order valence-corrected chi connectivity index (χ4v) is 3.59. The normalized spacial score (nSPS) is 10.9. The number of nitrogens with one attached hydrogen (secondary N) is 1. The first-order valence-electron chi connectivity index (χ1n) is 11.6. The van der Waals surface area contributed by atoms with Crippen LogP contribution in [0.4, 0.5) is 0 Å². The Morgan fingerprint density at radius 1 is 1.00 bits per heavy atom. The van der Waals surface area contributed by atoms with Gasteiger partial charge < -0.3 is 14.2 Å². The molecule has 0 saturated heterocycles. The van der Waals surface area contributed by atoms with Crippen LogP contribution in [0.2, 0.25) is 0 Å². The van der Waals surface area contributed by atoms with Gasteiger partial charge in [0.2, 0.25) is 0 Å². The molecule has 36 heavy (non-hydrogen) atoms. The van der Waals surface area contributed by atoms with Crippen molar-refractivity contribution in [3.05, 3.63) is 87.4 Å². The average molecular weight is 553 g/mol. The molecule has 1 N–H and O–H groups in total. The molecule has 0 bridgehead atoms. The second-order valence-corrected chi connectivity index (χ2v) is 9.21. The number of esters is 1. The van der Waals surface area contributed by atoms with Crippen molar-refractivity contribution in [1.82, 2.24) is 5.43 Å². The van der Waals surface area contributed by atoms with Gasteiger partial charge in [0.1, 0.15) is 17.2 Å². The largest absolute Gasteiger partial charge is 0.494 e. The highest BCUT2D eigenvalue weighted by Gasteiger charge is 2.12. The quantitative estimate of drug-likeness (QED) is 0.144. The highest BCUT2D eigenvalue weighted by atomic mass is 79.9. The minimum absolute atomic E-state index is 0.183. The van der Waals surface area contributed by atoms with E-state index in [-0.39, 0.29) is 6.61 Å². The Hall–Kier alpha value is -3.65. The lowest BCUT2D eigenvalue weighted by atomic mass is 10.0. The van der Waals surface area contributed by atoms with Crippen LogP contribution in [0, 0.1) is 6.92 Å². The number of aryl methyl sites for hydroxylation is 1. The van der Waals surface area contributed by atoms with Gasteiger partial charge in [-0.3, -0.25) is 4.79 Å². The minimum Gasteiger partial charge on any atom is -0.494 e. The summed E-state index contributed by atoms with van der Waals surface area (Å²) in [5.41, 5.74) is 5.41. The summed E-state index contributed by atoms with van der Waals surface area (Å²) in [5.74, 6) is 1.06. The van der Waals surface area contributed by atoms with Crippen molar-refractivity contribution < 1.29 is 23.8 Å². The summed E-state index contributed by atoms with van der Waals surface area (Å²) >= 11 is 3.40. The maximum absolute atomic E-state index is 12.6. The number of amides is 1. The summed E-state index contributed by atoms with van der Waals surface area (Å²) in [5, 5.41) is 4.00. The van der Waals surface area contributed by atoms with Crippen molar-refractivity contribution in [2.75, 3.05) is 13.2 Å². The van der Waals surface area contributed by atoms with E-state index in [1.54, 1.807) is 42.5 Å². The molecule has 7 nitrogen and oxygen atoms in total. The molecule has 1 amide bonds. The maximum Gasteiger partial charge on any atom is 0.343 e. The van der Waals surface area contributed by atoms with Crippen LogP contribution in [0.15, 0.2) is 70.2 Å². The van der Waals surface area contributed by atoms with Crippen LogP contribution in [0.5, 0.6) is 17.2 Å². The number of rotatable bonds is 10. The molecule has 0 saturated carbocycles. The molecular weight excluding hydrogens is 524 g/mol. The molecule has 0 spiro atoms. The van der Waals surface area contributed by atoms with Crippen molar-refractivity contribution in [2.24, 2.45) is 5.10 Å². The van der Waals surface area contributed by atoms with Crippen molar-refractivity contribution in [3.63, 3.8) is 0 Å². The number of hydrogen-bond donors (Lipinski definition) is 1. The lowest BCUT2D eigenvalue weighted by Gasteiger charge is -2.12. The standard InChI is InChI=1S/C28H29BrN2O5/c1-5-34-24-11-8-20(9-12-24)28(33)36-25-13-10-23(29)14-22(25)16-30-31-27(32)17-35-26-15-21(18(2)3)7-6-19(26)4/h6-16,18H,5,17H2,1-4H3,(H,31,32)/b30-16+. The number of carbonyl (C=O) groups excluding carboxylic acids is 2. The first kappa shape index (κ1) is 26.9. The summed E-state index contributed by atoms with van der Waals surface area (Å²) in [4.78, 5) is 24.9. The van der Waals surface area contributed by atoms with Crippen LogP contribution in [-0.4, -0.2) is 31.3 Å². The zero-order valence-electron chi connectivity index (χ0n) is 20.7. The van der Waals surface area contributed by atoms with Crippen LogP contribution in [0.3, 0.4) is 0 Å². The van der Waals surface area contributed by atoms with Crippen LogP contribution in [0.1, 0.15) is 53.7 Å². The van der Waals surface area contributed by atoms with E-state index in [0.29, 0.717) is 40.9 Å². The molecular formula is C28H29BrN2O5. The monoisotopic (exact) mass is 552 g/mol. The fraction of sp³-hybridized carbons (Fsp3) is 0.250. The smallest absolute Gasteiger partial charge is 0.343 e. The van der Waals surface area contributed by atoms with Gasteiger partial charge in [0, 0.05) is 10.0 Å². The lowest BCUT2D eigenvalue weighted by molar-refractivity contribution is -0.123. The second-order valence-electron chi connectivity index (χ2n) is 8.29. The van der Waals surface area contributed by atoms with Crippen LogP contribution in [0.25, 0.3) is 0 Å². The predicted octanol–water partition coefficient (Wildman–Crippen LogP) is 6.03. The van der Waals surface area contributed by atoms with Gasteiger partial charge >= 0.3 is 5.97 Å². The summed E-state index contributed by atoms with van der Waals surface area (Å²) in [6, 6.07) is 17.8. The Labute approximate surface area is 219 Å². The molecule has 188 valence electrons. The average Bonchev–Trinajstić information content (AvgIpc) is 2.85. The summed E-state index contributed by atoms with van der Waals surface area (Å²) in [6.07, 6.45) is 1.41. The Kier molecular flexibility index (Phi) is 9.64. The van der Waals surface area contributed by atoms with Crippen molar-refractivity contribution in [1.29, 1.82) is 0 Å². The molecule has 0 heterocycles. The van der Waals surface area contributed by atoms with E-state index in [1.807, 2.05) is 26.0 Å². The number of hydrogen-bond acceptors (Lipinski definition) is 6. The summed E-state index contributed by atoms with van der Waals surface area (Å²) in [6.45, 7) is 8.37. The SMILES string of the molecule is CCOc1ccc(C(=O)Oc2ccc(Br)cc2/C=N/NC(=O)COc2cc(C(C)C)ccc2C)cc1. The third kappa shape index (κ3) is 7.68. The van der Waals surface area contributed by atoms with Crippen LogP contribution < -0.4 is 19.6 Å². The van der Waals surface area contributed by atoms with E-state index in [4.69, 9.17) is 14.2 Å². The van der Waals surface area contributed by atoms with Gasteiger partial charge in [-0.15, -0.1) is 0 Å². The number of carbonyl (C=O) groups is 2. The van der Waals surface area contributed by atoms with Gasteiger partial charge in [-0.05, 0) is 79.4 Å². The molecule has 3 rings (SSSR count). The van der Waals surface area contributed by atoms with Crippen molar-refractivity contribution >= 4 is 34.0 Å². The molecule has 0 aliphatic carbocycles. The van der Waals surface area contributed by atoms with E-state index in [9.17, 15) is 9.59 Å². The highest BCUT2D eigenvalue weighted by Crippen LogP contribution is 2.25. The van der Waals surface area contributed by atoms with Gasteiger partial charge in [0.25, 0.3) is 5.91 Å².